The van der Waals surface area contributed by atoms with Gasteiger partial charge in [-0.1, -0.05) is 164 Å². The van der Waals surface area contributed by atoms with Gasteiger partial charge in [0.25, 0.3) is 6.33 Å². The van der Waals surface area contributed by atoms with Crippen molar-refractivity contribution in [3.8, 4) is 50.9 Å². The van der Waals surface area contributed by atoms with Crippen LogP contribution < -0.4 is 9.30 Å². The monoisotopic (exact) mass is 818 g/mol. The summed E-state index contributed by atoms with van der Waals surface area (Å²) in [4.78, 5) is 4.94. The summed E-state index contributed by atoms with van der Waals surface area (Å²) >= 11 is 0. The lowest BCUT2D eigenvalue weighted by Crippen LogP contribution is -2.33. The molecule has 0 aliphatic heterocycles. The van der Waals surface area contributed by atoms with Gasteiger partial charge < -0.3 is 9.30 Å². The van der Waals surface area contributed by atoms with Crippen molar-refractivity contribution < 1.29 is 9.30 Å². The van der Waals surface area contributed by atoms with Crippen molar-refractivity contribution in [2.45, 2.75) is 5.92 Å². The van der Waals surface area contributed by atoms with Crippen LogP contribution >= 0.6 is 0 Å². The molecule has 300 valence electrons. The summed E-state index contributed by atoms with van der Waals surface area (Å²) in [6, 6.07) is 79.5. The zero-order valence-corrected chi connectivity index (χ0v) is 34.6. The van der Waals surface area contributed by atoms with E-state index in [2.05, 4.69) is 208 Å². The van der Waals surface area contributed by atoms with Crippen LogP contribution in [0.2, 0.25) is 0 Å². The third kappa shape index (κ3) is 5.71. The Labute approximate surface area is 370 Å². The van der Waals surface area contributed by atoms with Crippen molar-refractivity contribution in [3.63, 3.8) is 0 Å². The van der Waals surface area contributed by atoms with E-state index in [0.29, 0.717) is 0 Å². The van der Waals surface area contributed by atoms with Gasteiger partial charge in [0.05, 0.1) is 50.3 Å². The lowest BCUT2D eigenvalue weighted by molar-refractivity contribution is -0.572. The summed E-state index contributed by atoms with van der Waals surface area (Å²) < 4.78 is 13.5. The Hall–Kier alpha value is -8.54. The summed E-state index contributed by atoms with van der Waals surface area (Å²) in [5, 5.41) is 3.56. The first-order valence-electron chi connectivity index (χ1n) is 21.7. The van der Waals surface area contributed by atoms with Crippen LogP contribution in [0.4, 0.5) is 0 Å². The van der Waals surface area contributed by atoms with Crippen molar-refractivity contribution in [2.24, 2.45) is 0 Å². The maximum atomic E-state index is 6.63. The molecular formula is C59H38N4O. The fourth-order valence-electron chi connectivity index (χ4n) is 10.1. The molecule has 3 heterocycles. The number of hydrogen-bond donors (Lipinski definition) is 0. The van der Waals surface area contributed by atoms with Gasteiger partial charge in [0.1, 0.15) is 11.5 Å². The summed E-state index contributed by atoms with van der Waals surface area (Å²) in [6.07, 6.45) is 3.93. The molecule has 5 nitrogen and oxygen atoms in total. The van der Waals surface area contributed by atoms with Crippen molar-refractivity contribution in [1.29, 1.82) is 0 Å². The highest BCUT2D eigenvalue weighted by molar-refractivity contribution is 6.09. The second kappa shape index (κ2) is 14.5. The first kappa shape index (κ1) is 36.1. The molecule has 0 N–H and O–H groups in total. The van der Waals surface area contributed by atoms with Gasteiger partial charge in [-0.3, -0.25) is 9.13 Å². The van der Waals surface area contributed by atoms with Gasteiger partial charge in [-0.15, -0.1) is 0 Å². The first-order chi connectivity index (χ1) is 31.7. The number of benzene rings is 9. The topological polar surface area (TPSA) is 35.9 Å². The molecule has 0 amide bonds. The number of imidazole rings is 1. The average molecular weight is 819 g/mol. The largest absolute Gasteiger partial charge is 0.458 e. The van der Waals surface area contributed by atoms with Crippen LogP contribution in [0, 0.1) is 6.33 Å². The molecule has 1 aliphatic rings. The second-order valence-electron chi connectivity index (χ2n) is 16.5. The van der Waals surface area contributed by atoms with E-state index in [1.54, 1.807) is 0 Å². The van der Waals surface area contributed by atoms with Crippen LogP contribution in [-0.4, -0.2) is 14.1 Å². The minimum Gasteiger partial charge on any atom is -0.458 e. The summed E-state index contributed by atoms with van der Waals surface area (Å²) in [7, 11) is 0. The highest BCUT2D eigenvalue weighted by Crippen LogP contribution is 2.50. The van der Waals surface area contributed by atoms with E-state index in [1.807, 2.05) is 36.4 Å². The molecule has 9 aromatic carbocycles. The van der Waals surface area contributed by atoms with E-state index in [-0.39, 0.29) is 5.92 Å². The molecule has 0 fully saturated rings. The molecule has 0 unspecified atom stereocenters. The lowest BCUT2D eigenvalue weighted by Gasteiger charge is -2.23. The smallest absolute Gasteiger partial charge is 0.269 e. The zero-order chi connectivity index (χ0) is 42.1. The molecular weight excluding hydrogens is 781 g/mol. The molecule has 13 rings (SSSR count). The molecule has 0 radical (unpaired) electrons. The predicted molar refractivity (Wildman–Crippen MR) is 258 cm³/mol. The summed E-state index contributed by atoms with van der Waals surface area (Å²) in [5.41, 5.74) is 16.7. The minimum atomic E-state index is -0.00393. The third-order valence-corrected chi connectivity index (χ3v) is 12.8. The highest BCUT2D eigenvalue weighted by Gasteiger charge is 2.33. The van der Waals surface area contributed by atoms with Gasteiger partial charge in [0.2, 0.25) is 0 Å². The van der Waals surface area contributed by atoms with E-state index in [4.69, 9.17) is 9.72 Å². The molecule has 3 aromatic heterocycles. The van der Waals surface area contributed by atoms with Gasteiger partial charge in [0, 0.05) is 27.6 Å². The quantitative estimate of drug-likeness (QED) is 0.119. The first-order valence-corrected chi connectivity index (χ1v) is 21.7. The van der Waals surface area contributed by atoms with E-state index < -0.39 is 0 Å². The Kier molecular flexibility index (Phi) is 8.21. The van der Waals surface area contributed by atoms with E-state index >= 15 is 0 Å². The Bertz CT molecular complexity index is 3700. The predicted octanol–water partition coefficient (Wildman–Crippen LogP) is 14.0. The lowest BCUT2D eigenvalue weighted by atomic mass is 9.87. The van der Waals surface area contributed by atoms with E-state index in [0.717, 1.165) is 72.8 Å². The third-order valence-electron chi connectivity index (χ3n) is 12.8. The van der Waals surface area contributed by atoms with E-state index in [9.17, 15) is 0 Å². The fraction of sp³-hybridized carbons (Fsp3) is 0.0169. The van der Waals surface area contributed by atoms with Gasteiger partial charge in [-0.25, -0.2) is 4.98 Å². The molecule has 12 aromatic rings. The van der Waals surface area contributed by atoms with Crippen LogP contribution in [0.3, 0.4) is 0 Å². The molecule has 1 aliphatic carbocycles. The van der Waals surface area contributed by atoms with Gasteiger partial charge in [-0.2, -0.15) is 0 Å². The van der Waals surface area contributed by atoms with Crippen LogP contribution in [0.5, 0.6) is 11.5 Å². The molecule has 64 heavy (non-hydrogen) atoms. The normalized spacial score (nSPS) is 12.3. The minimum absolute atomic E-state index is 0.00393. The Balaban J connectivity index is 0.995. The zero-order valence-electron chi connectivity index (χ0n) is 34.6. The number of nitrogens with zero attached hydrogens (tertiary/aromatic N) is 4. The standard InChI is InChI=1S/C59H38N4O/c1-8-28-51-39(16-1)34-35-52(60-51)40-17-13-19-42(36-40)64-43-20-14-18-41(37-43)61-38-62(56-32-12-11-31-55(56)61)59-50(58-48-25-4-2-21-44(48)45-22-3-5-26-49(45)58)27-15-33-57(59)63-53-29-9-6-23-46(53)47-24-7-10-30-54(47)63/h1-37,58H. The molecule has 0 saturated carbocycles. The summed E-state index contributed by atoms with van der Waals surface area (Å²) in [6.45, 7) is 0. The van der Waals surface area contributed by atoms with Crippen molar-refractivity contribution in [2.75, 3.05) is 0 Å². The van der Waals surface area contributed by atoms with Crippen LogP contribution in [0.15, 0.2) is 224 Å². The Morgan fingerprint density at radius 2 is 1.09 bits per heavy atom. The SMILES string of the molecule is [c-]1n(-c2cccc(Oc3cccc(-c4ccc5ccccc5n4)c3)c2)c2ccccc2[n+]1-c1c(C2c3ccccc3-c3ccccc32)cccc1-n1c2ccccc2c2ccccc21. The van der Waals surface area contributed by atoms with Crippen molar-refractivity contribution in [1.82, 2.24) is 14.1 Å². The van der Waals surface area contributed by atoms with Crippen LogP contribution in [-0.2, 0) is 0 Å². The van der Waals surface area contributed by atoms with Crippen LogP contribution in [0.1, 0.15) is 22.6 Å². The summed E-state index contributed by atoms with van der Waals surface area (Å²) in [5.74, 6) is 1.46. The molecule has 0 atom stereocenters. The Morgan fingerprint density at radius 1 is 0.484 bits per heavy atom. The second-order valence-corrected chi connectivity index (χ2v) is 16.5. The number of fused-ring (bicyclic) bond motifs is 8. The van der Waals surface area contributed by atoms with Gasteiger partial charge in [-0.05, 0) is 88.5 Å². The molecule has 0 spiro atoms. The maximum absolute atomic E-state index is 6.63. The maximum Gasteiger partial charge on any atom is 0.269 e. The number of rotatable bonds is 7. The number of aromatic nitrogens is 4. The van der Waals surface area contributed by atoms with Crippen molar-refractivity contribution in [3.05, 3.63) is 247 Å². The number of para-hydroxylation sites is 6. The molecule has 0 saturated heterocycles. The fourth-order valence-corrected chi connectivity index (χ4v) is 10.1. The highest BCUT2D eigenvalue weighted by atomic mass is 16.5. The number of hydrogen-bond acceptors (Lipinski definition) is 2. The number of pyridine rings is 1. The molecule has 5 heteroatoms. The Morgan fingerprint density at radius 3 is 1.88 bits per heavy atom. The molecule has 0 bridgehead atoms. The van der Waals surface area contributed by atoms with Gasteiger partial charge >= 0.3 is 0 Å². The van der Waals surface area contributed by atoms with Crippen molar-refractivity contribution >= 4 is 43.7 Å². The van der Waals surface area contributed by atoms with Crippen LogP contribution in [0.25, 0.3) is 83.2 Å². The van der Waals surface area contributed by atoms with Gasteiger partial charge in [0.15, 0.2) is 0 Å². The number of ether oxygens (including phenoxy) is 1. The van der Waals surface area contributed by atoms with E-state index in [1.165, 1.54) is 38.6 Å². The average Bonchev–Trinajstić information content (AvgIpc) is 4.02.